The number of carbonyl (C=O) groups excluding carboxylic acids is 1. The molecule has 1 saturated carbocycles. The Morgan fingerprint density at radius 3 is 2.30 bits per heavy atom. The number of carbonyl (C=O) groups is 1. The molecule has 1 aliphatic carbocycles. The van der Waals surface area contributed by atoms with Crippen LogP contribution in [-0.4, -0.2) is 5.97 Å². The van der Waals surface area contributed by atoms with Gasteiger partial charge < -0.3 is 9.47 Å². The van der Waals surface area contributed by atoms with Gasteiger partial charge in [0, 0.05) is 10.6 Å². The van der Waals surface area contributed by atoms with E-state index in [9.17, 15) is 10.1 Å². The maximum Gasteiger partial charge on any atom is 0.311 e. The minimum absolute atomic E-state index is 0.0650. The fraction of sp³-hybridized carbons (Fsp3) is 0.214. The van der Waals surface area contributed by atoms with Gasteiger partial charge in [0.1, 0.15) is 17.6 Å². The van der Waals surface area contributed by atoms with E-state index >= 15 is 0 Å². The maximum absolute atomic E-state index is 13.0. The third-order valence-electron chi connectivity index (χ3n) is 6.03. The Balaban J connectivity index is 1.46. The lowest BCUT2D eigenvalue weighted by molar-refractivity contribution is -0.149. The quantitative estimate of drug-likeness (QED) is 0.354. The number of para-hydroxylation sites is 1. The number of halogens is 1. The molecule has 0 spiro atoms. The molecule has 0 aromatic heterocycles. The van der Waals surface area contributed by atoms with Gasteiger partial charge in [-0.15, -0.1) is 0 Å². The topological polar surface area (TPSA) is 59.3 Å². The summed E-state index contributed by atoms with van der Waals surface area (Å²) < 4.78 is 11.5. The summed E-state index contributed by atoms with van der Waals surface area (Å²) in [5, 5.41) is 10.3. The fourth-order valence-corrected chi connectivity index (χ4v) is 4.28. The molecule has 166 valence electrons. The summed E-state index contributed by atoms with van der Waals surface area (Å²) >= 11 is 6.49. The lowest BCUT2D eigenvalue weighted by Gasteiger charge is -2.13. The fourth-order valence-electron chi connectivity index (χ4n) is 4.01. The molecule has 4 rings (SSSR count). The normalized spacial score (nSPS) is 19.8. The zero-order chi connectivity index (χ0) is 23.4. The van der Waals surface area contributed by atoms with E-state index in [2.05, 4.69) is 6.07 Å². The molecular weight excluding hydrogens is 434 g/mol. The molecule has 3 unspecified atom stereocenters. The van der Waals surface area contributed by atoms with Crippen LogP contribution in [0.15, 0.2) is 91.0 Å². The van der Waals surface area contributed by atoms with Crippen LogP contribution in [0.5, 0.6) is 11.5 Å². The van der Waals surface area contributed by atoms with Crippen molar-refractivity contribution in [3.63, 3.8) is 0 Å². The molecule has 3 atom stereocenters. The first-order chi connectivity index (χ1) is 15.9. The van der Waals surface area contributed by atoms with Gasteiger partial charge in [-0.3, -0.25) is 4.79 Å². The lowest BCUT2D eigenvalue weighted by Crippen LogP contribution is -2.14. The molecule has 0 heterocycles. The Hall–Kier alpha value is -3.55. The molecule has 3 aromatic rings. The molecule has 3 aromatic carbocycles. The van der Waals surface area contributed by atoms with Gasteiger partial charge in [0.25, 0.3) is 0 Å². The summed E-state index contributed by atoms with van der Waals surface area (Å²) in [4.78, 5) is 13.0. The maximum atomic E-state index is 13.0. The van der Waals surface area contributed by atoms with Gasteiger partial charge in [-0.2, -0.15) is 5.26 Å². The van der Waals surface area contributed by atoms with Crippen molar-refractivity contribution >= 4 is 22.6 Å². The molecule has 0 saturated heterocycles. The molecule has 4 nitrogen and oxygen atoms in total. The van der Waals surface area contributed by atoms with Gasteiger partial charge in [0.05, 0.1) is 5.92 Å². The number of allylic oxidation sites excluding steroid dienone is 1. The van der Waals surface area contributed by atoms with Crippen molar-refractivity contribution in [1.82, 2.24) is 0 Å². The van der Waals surface area contributed by atoms with Crippen LogP contribution >= 0.6 is 11.6 Å². The molecule has 1 fully saturated rings. The number of nitrogens with zero attached hydrogens (tertiary/aromatic N) is 1. The van der Waals surface area contributed by atoms with Crippen LogP contribution < -0.4 is 4.74 Å². The summed E-state index contributed by atoms with van der Waals surface area (Å²) in [6, 6.07) is 28.1. The van der Waals surface area contributed by atoms with Gasteiger partial charge >= 0.3 is 5.97 Å². The number of rotatable bonds is 7. The Kier molecular flexibility index (Phi) is 6.53. The number of esters is 1. The molecule has 1 aliphatic rings. The molecule has 0 N–H and O–H groups in total. The minimum Gasteiger partial charge on any atom is -0.457 e. The van der Waals surface area contributed by atoms with Crippen molar-refractivity contribution in [3.05, 3.63) is 102 Å². The van der Waals surface area contributed by atoms with Crippen molar-refractivity contribution in [3.8, 4) is 17.6 Å². The van der Waals surface area contributed by atoms with Crippen molar-refractivity contribution in [2.45, 2.75) is 20.0 Å². The standard InChI is InChI=1S/C28H24ClNO3/c1-28(2)23(17-24(29)19-10-5-3-6-11-19)26(28)27(31)33-25(18-30)20-12-9-15-22(16-20)32-21-13-7-4-8-14-21/h3-17,23,25-26H,1-2H3/b24-17-. The highest BCUT2D eigenvalue weighted by atomic mass is 35.5. The first kappa shape index (κ1) is 22.6. The van der Waals surface area contributed by atoms with E-state index in [1.54, 1.807) is 24.3 Å². The van der Waals surface area contributed by atoms with E-state index in [1.165, 1.54) is 0 Å². The molecule has 5 heteroatoms. The molecule has 33 heavy (non-hydrogen) atoms. The van der Waals surface area contributed by atoms with Crippen molar-refractivity contribution in [2.75, 3.05) is 0 Å². The van der Waals surface area contributed by atoms with Crippen molar-refractivity contribution in [1.29, 1.82) is 5.26 Å². The zero-order valence-electron chi connectivity index (χ0n) is 18.4. The highest BCUT2D eigenvalue weighted by Crippen LogP contribution is 2.60. The van der Waals surface area contributed by atoms with Crippen LogP contribution in [-0.2, 0) is 9.53 Å². The van der Waals surface area contributed by atoms with Crippen LogP contribution in [0.4, 0.5) is 0 Å². The Labute approximate surface area is 199 Å². The highest BCUT2D eigenvalue weighted by molar-refractivity contribution is 6.48. The molecular formula is C28H24ClNO3. The minimum atomic E-state index is -1.03. The predicted octanol–water partition coefficient (Wildman–Crippen LogP) is 7.14. The zero-order valence-corrected chi connectivity index (χ0v) is 19.2. The summed E-state index contributed by atoms with van der Waals surface area (Å²) in [5.41, 5.74) is 1.16. The second-order valence-electron chi connectivity index (χ2n) is 8.64. The smallest absolute Gasteiger partial charge is 0.311 e. The van der Waals surface area contributed by atoms with E-state index in [-0.39, 0.29) is 17.3 Å². The highest BCUT2D eigenvalue weighted by Gasteiger charge is 2.62. The average molecular weight is 458 g/mol. The first-order valence-electron chi connectivity index (χ1n) is 10.8. The molecule has 0 amide bonds. The van der Waals surface area contributed by atoms with Crippen molar-refractivity contribution < 1.29 is 14.3 Å². The van der Waals surface area contributed by atoms with Crippen LogP contribution in [0.2, 0.25) is 0 Å². The Morgan fingerprint density at radius 1 is 1.00 bits per heavy atom. The molecule has 0 bridgehead atoms. The Bertz CT molecular complexity index is 1200. The second-order valence-corrected chi connectivity index (χ2v) is 9.05. The van der Waals surface area contributed by atoms with Crippen molar-refractivity contribution in [2.24, 2.45) is 17.3 Å². The number of ether oxygens (including phenoxy) is 2. The van der Waals surface area contributed by atoms with E-state index in [0.29, 0.717) is 22.1 Å². The molecule has 0 radical (unpaired) electrons. The molecule has 0 aliphatic heterocycles. The van der Waals surface area contributed by atoms with Crippen LogP contribution in [0, 0.1) is 28.6 Å². The van der Waals surface area contributed by atoms with Gasteiger partial charge in [-0.1, -0.05) is 92.2 Å². The van der Waals surface area contributed by atoms with Crippen LogP contribution in [0.3, 0.4) is 0 Å². The van der Waals surface area contributed by atoms with Crippen LogP contribution in [0.25, 0.3) is 5.03 Å². The third kappa shape index (κ3) is 5.10. The first-order valence-corrected chi connectivity index (χ1v) is 11.1. The van der Waals surface area contributed by atoms with E-state index in [0.717, 1.165) is 5.56 Å². The summed E-state index contributed by atoms with van der Waals surface area (Å²) in [5.74, 6) is 0.418. The number of hydrogen-bond donors (Lipinski definition) is 0. The predicted molar refractivity (Wildman–Crippen MR) is 128 cm³/mol. The van der Waals surface area contributed by atoms with E-state index in [4.69, 9.17) is 21.1 Å². The van der Waals surface area contributed by atoms with Gasteiger partial charge in [0.15, 0.2) is 0 Å². The SMILES string of the molecule is CC1(C)C(/C=C(\Cl)c2ccccc2)C1C(=O)OC(C#N)c1cccc(Oc2ccccc2)c1. The number of nitriles is 1. The monoisotopic (exact) mass is 457 g/mol. The largest absolute Gasteiger partial charge is 0.457 e. The van der Waals surface area contributed by atoms with Gasteiger partial charge in [0.2, 0.25) is 6.10 Å². The average Bonchev–Trinajstić information content (AvgIpc) is 3.38. The van der Waals surface area contributed by atoms with Gasteiger partial charge in [-0.05, 0) is 41.2 Å². The second kappa shape index (κ2) is 9.52. The van der Waals surface area contributed by atoms with E-state index in [1.807, 2.05) is 80.6 Å². The summed E-state index contributed by atoms with van der Waals surface area (Å²) in [7, 11) is 0. The summed E-state index contributed by atoms with van der Waals surface area (Å²) in [6.45, 7) is 4.01. The number of benzene rings is 3. The number of hydrogen-bond acceptors (Lipinski definition) is 4. The van der Waals surface area contributed by atoms with E-state index < -0.39 is 12.1 Å². The third-order valence-corrected chi connectivity index (χ3v) is 6.38. The summed E-state index contributed by atoms with van der Waals surface area (Å²) in [6.07, 6.45) is 0.890. The van der Waals surface area contributed by atoms with Gasteiger partial charge in [-0.25, -0.2) is 0 Å². The lowest BCUT2D eigenvalue weighted by atomic mass is 10.1. The Morgan fingerprint density at radius 2 is 1.64 bits per heavy atom. The van der Waals surface area contributed by atoms with Crippen LogP contribution in [0.1, 0.15) is 31.1 Å².